The first-order valence-electron chi connectivity index (χ1n) is 15.1. The number of likely N-dealkylation sites (tertiary alicyclic amines) is 1. The molecule has 0 bridgehead atoms. The number of para-hydroxylation sites is 1. The number of carbonyl (C=O) groups excluding carboxylic acids is 3. The van der Waals surface area contributed by atoms with Crippen LogP contribution < -0.4 is 10.1 Å². The molecule has 0 spiro atoms. The van der Waals surface area contributed by atoms with Gasteiger partial charge in [-0.1, -0.05) is 24.3 Å². The van der Waals surface area contributed by atoms with Gasteiger partial charge in [-0.25, -0.2) is 4.98 Å². The fourth-order valence-corrected chi connectivity index (χ4v) is 6.94. The van der Waals surface area contributed by atoms with E-state index in [1.807, 2.05) is 31.2 Å². The molecule has 2 aliphatic rings. The third-order valence-electron chi connectivity index (χ3n) is 8.29. The zero-order chi connectivity index (χ0) is 32.0. The summed E-state index contributed by atoms with van der Waals surface area (Å²) in [5.74, 6) is 0.493. The minimum Gasteiger partial charge on any atom is -0.496 e. The Bertz CT molecular complexity index is 1650. The van der Waals surface area contributed by atoms with E-state index in [0.29, 0.717) is 71.1 Å². The van der Waals surface area contributed by atoms with Crippen molar-refractivity contribution in [3.8, 4) is 16.5 Å². The summed E-state index contributed by atoms with van der Waals surface area (Å²) in [5, 5.41) is 3.10. The number of hydrogen-bond donors (Lipinski definition) is 1. The second-order valence-corrected chi connectivity index (χ2v) is 12.1. The van der Waals surface area contributed by atoms with Gasteiger partial charge in [0.05, 0.1) is 42.4 Å². The van der Waals surface area contributed by atoms with Gasteiger partial charge in [-0.2, -0.15) is 0 Å². The molecule has 240 valence electrons. The maximum absolute atomic E-state index is 14.7. The van der Waals surface area contributed by atoms with Gasteiger partial charge in [0.1, 0.15) is 28.8 Å². The minimum atomic E-state index is -0.545. The molecule has 46 heavy (non-hydrogen) atoms. The van der Waals surface area contributed by atoms with Crippen molar-refractivity contribution in [2.45, 2.75) is 38.0 Å². The molecular formula is C33H35N5O7S. The maximum Gasteiger partial charge on any atom is 0.272 e. The number of oxazole rings is 1. The average molecular weight is 646 g/mol. The first-order chi connectivity index (χ1) is 22.5. The number of carbonyl (C=O) groups is 3. The monoisotopic (exact) mass is 645 g/mol. The molecular weight excluding hydrogens is 610 g/mol. The van der Waals surface area contributed by atoms with Crippen LogP contribution in [-0.2, 0) is 14.3 Å². The zero-order valence-electron chi connectivity index (χ0n) is 25.6. The Kier molecular flexibility index (Phi) is 9.71. The second-order valence-electron chi connectivity index (χ2n) is 11.1. The molecule has 0 saturated carbocycles. The van der Waals surface area contributed by atoms with Gasteiger partial charge in [-0.15, -0.1) is 11.3 Å². The second kappa shape index (κ2) is 14.2. The Morgan fingerprint density at radius 2 is 1.91 bits per heavy atom. The molecule has 1 unspecified atom stereocenters. The van der Waals surface area contributed by atoms with Crippen LogP contribution in [0, 0.1) is 6.92 Å². The minimum absolute atomic E-state index is 0.0731. The van der Waals surface area contributed by atoms with Crippen LogP contribution in [0.4, 0.5) is 5.00 Å². The summed E-state index contributed by atoms with van der Waals surface area (Å²) in [4.78, 5) is 52.1. The van der Waals surface area contributed by atoms with Gasteiger partial charge < -0.3 is 33.7 Å². The Morgan fingerprint density at radius 1 is 1.13 bits per heavy atom. The normalized spacial score (nSPS) is 16.0. The highest BCUT2D eigenvalue weighted by Crippen LogP contribution is 2.41. The van der Waals surface area contributed by atoms with E-state index in [-0.39, 0.29) is 30.5 Å². The van der Waals surface area contributed by atoms with Crippen molar-refractivity contribution in [1.82, 2.24) is 19.8 Å². The van der Waals surface area contributed by atoms with Gasteiger partial charge >= 0.3 is 0 Å². The Morgan fingerprint density at radius 3 is 2.61 bits per heavy atom. The topological polar surface area (TPSA) is 136 Å². The lowest BCUT2D eigenvalue weighted by molar-refractivity contribution is -0.105. The molecule has 3 amide bonds. The number of nitrogens with one attached hydrogen (secondary N) is 1. The summed E-state index contributed by atoms with van der Waals surface area (Å²) in [7, 11) is 1.61. The van der Waals surface area contributed by atoms with Gasteiger partial charge in [0.25, 0.3) is 11.8 Å². The number of aromatic nitrogens is 2. The van der Waals surface area contributed by atoms with E-state index in [4.69, 9.17) is 18.6 Å². The molecule has 1 aromatic carbocycles. The van der Waals surface area contributed by atoms with Crippen LogP contribution in [0.15, 0.2) is 65.5 Å². The van der Waals surface area contributed by atoms with E-state index in [0.717, 1.165) is 18.4 Å². The summed E-state index contributed by atoms with van der Waals surface area (Å²) in [6.45, 7) is 3.80. The van der Waals surface area contributed by atoms with Gasteiger partial charge in [0, 0.05) is 38.1 Å². The van der Waals surface area contributed by atoms with Crippen molar-refractivity contribution >= 4 is 34.6 Å². The van der Waals surface area contributed by atoms with E-state index in [1.165, 1.54) is 23.8 Å². The molecule has 3 aromatic heterocycles. The van der Waals surface area contributed by atoms with Crippen molar-refractivity contribution in [1.29, 1.82) is 0 Å². The summed E-state index contributed by atoms with van der Waals surface area (Å²) in [5.41, 5.74) is 2.12. The van der Waals surface area contributed by atoms with E-state index in [9.17, 15) is 14.4 Å². The largest absolute Gasteiger partial charge is 0.496 e. The predicted octanol–water partition coefficient (Wildman–Crippen LogP) is 4.59. The first-order valence-corrected chi connectivity index (χ1v) is 15.9. The van der Waals surface area contributed by atoms with Gasteiger partial charge in [-0.05, 0) is 43.5 Å². The quantitative estimate of drug-likeness (QED) is 0.220. The number of hydrogen-bond acceptors (Lipinski definition) is 10. The number of ether oxygens (including phenoxy) is 3. The van der Waals surface area contributed by atoms with Crippen LogP contribution in [0.3, 0.4) is 0 Å². The predicted molar refractivity (Wildman–Crippen MR) is 170 cm³/mol. The fourth-order valence-electron chi connectivity index (χ4n) is 5.85. The molecule has 12 nitrogen and oxygen atoms in total. The van der Waals surface area contributed by atoms with Crippen molar-refractivity contribution in [2.24, 2.45) is 0 Å². The summed E-state index contributed by atoms with van der Waals surface area (Å²) >= 11 is 1.22. The Hall–Kier alpha value is -4.59. The van der Waals surface area contributed by atoms with Gasteiger partial charge in [0.2, 0.25) is 12.3 Å². The number of benzene rings is 1. The van der Waals surface area contributed by atoms with Crippen LogP contribution in [-0.4, -0.2) is 90.1 Å². The van der Waals surface area contributed by atoms with Crippen molar-refractivity contribution in [3.05, 3.63) is 83.5 Å². The fraction of sp³-hybridized carbons (Fsp3) is 0.364. The van der Waals surface area contributed by atoms with Crippen molar-refractivity contribution < 1.29 is 33.0 Å². The number of methoxy groups -OCH3 is 1. The number of rotatable bonds is 12. The summed E-state index contributed by atoms with van der Waals surface area (Å²) in [6, 6.07) is 12.5. The number of amides is 3. The number of thiophene rings is 1. The van der Waals surface area contributed by atoms with Crippen LogP contribution in [0.25, 0.3) is 10.8 Å². The molecule has 0 radical (unpaired) electrons. The van der Waals surface area contributed by atoms with E-state index in [2.05, 4.69) is 15.3 Å². The molecule has 0 aliphatic carbocycles. The standard InChI is InChI=1S/C33H35N5O7S/c1-21-28(31(36-20-39)46-29(21)30-35-13-16-44-30)33(41)38(22-17-37(18-22)32(40)25-8-5-6-12-34-25)19-27(45-23-10-14-43-15-11-23)24-7-3-4-9-26(24)42-2/h3-9,12-13,16,20,22-23,27H,10-11,14-15,17-19H2,1-2H3,(H,36,39). The van der Waals surface area contributed by atoms with Crippen molar-refractivity contribution in [2.75, 3.05) is 45.3 Å². The number of pyridine rings is 1. The molecule has 2 fully saturated rings. The van der Waals surface area contributed by atoms with E-state index < -0.39 is 6.10 Å². The number of anilines is 1. The third-order valence-corrected chi connectivity index (χ3v) is 9.50. The first kappa shape index (κ1) is 31.4. The summed E-state index contributed by atoms with van der Waals surface area (Å²) in [6.07, 6.45) is 5.96. The van der Waals surface area contributed by atoms with Crippen LogP contribution in [0.2, 0.25) is 0 Å². The molecule has 13 heteroatoms. The van der Waals surface area contributed by atoms with Gasteiger partial charge in [-0.3, -0.25) is 19.4 Å². The third kappa shape index (κ3) is 6.52. The molecule has 1 N–H and O–H groups in total. The van der Waals surface area contributed by atoms with E-state index in [1.54, 1.807) is 41.3 Å². The highest BCUT2D eigenvalue weighted by molar-refractivity contribution is 7.20. The molecule has 1 atom stereocenters. The van der Waals surface area contributed by atoms with Crippen LogP contribution in [0.5, 0.6) is 5.75 Å². The lowest BCUT2D eigenvalue weighted by Gasteiger charge is -2.46. The lowest BCUT2D eigenvalue weighted by Crippen LogP contribution is -2.63. The molecule has 5 heterocycles. The zero-order valence-corrected chi connectivity index (χ0v) is 26.4. The lowest BCUT2D eigenvalue weighted by atomic mass is 10.00. The maximum atomic E-state index is 14.7. The van der Waals surface area contributed by atoms with Crippen LogP contribution in [0.1, 0.15) is 50.9 Å². The van der Waals surface area contributed by atoms with E-state index >= 15 is 0 Å². The smallest absolute Gasteiger partial charge is 0.272 e. The Balaban J connectivity index is 1.36. The highest BCUT2D eigenvalue weighted by Gasteiger charge is 2.41. The molecule has 2 saturated heterocycles. The molecule has 6 rings (SSSR count). The van der Waals surface area contributed by atoms with Crippen molar-refractivity contribution in [3.63, 3.8) is 0 Å². The van der Waals surface area contributed by atoms with Gasteiger partial charge in [0.15, 0.2) is 0 Å². The number of nitrogens with zero attached hydrogens (tertiary/aromatic N) is 4. The Labute approximate surface area is 270 Å². The highest BCUT2D eigenvalue weighted by atomic mass is 32.1. The summed E-state index contributed by atoms with van der Waals surface area (Å²) < 4.78 is 23.6. The SMILES string of the molecule is COc1ccccc1C(CN(C(=O)c1c(NC=O)sc(-c2ncco2)c1C)C1CN(C(=O)c2ccccn2)C1)OC1CCOCC1. The molecule has 4 aromatic rings. The molecule has 2 aliphatic heterocycles. The average Bonchev–Trinajstić information content (AvgIpc) is 3.71. The van der Waals surface area contributed by atoms with Crippen LogP contribution >= 0.6 is 11.3 Å².